The molecule has 7 nitrogen and oxygen atoms in total. The monoisotopic (exact) mass is 320 g/mol. The van der Waals surface area contributed by atoms with Crippen LogP contribution in [0.1, 0.15) is 43.5 Å². The Morgan fingerprint density at radius 2 is 1.96 bits per heavy atom. The first kappa shape index (κ1) is 17.1. The standard InChI is InChI=1S/C16H24N4O3/c1-16(2,23-15(18)22)9-11-5-7-20(8-6-11)13-4-3-12(10-19-13)14(17)21/h3-4,10-11H,5-9H2,1-2H3,(H2,17,21)(H2,18,22). The molecule has 2 amide bonds. The first-order valence-electron chi connectivity index (χ1n) is 7.76. The number of carbonyl (C=O) groups excluding carboxylic acids is 2. The molecule has 23 heavy (non-hydrogen) atoms. The van der Waals surface area contributed by atoms with Gasteiger partial charge in [-0.2, -0.15) is 0 Å². The van der Waals surface area contributed by atoms with Crippen LogP contribution in [0.25, 0.3) is 0 Å². The van der Waals surface area contributed by atoms with Crippen molar-refractivity contribution in [1.82, 2.24) is 4.98 Å². The minimum absolute atomic E-state index is 0.411. The Balaban J connectivity index is 1.88. The van der Waals surface area contributed by atoms with E-state index in [9.17, 15) is 9.59 Å². The van der Waals surface area contributed by atoms with Crippen LogP contribution in [-0.2, 0) is 4.74 Å². The van der Waals surface area contributed by atoms with Gasteiger partial charge in [-0.3, -0.25) is 4.79 Å². The van der Waals surface area contributed by atoms with Gasteiger partial charge in [-0.15, -0.1) is 0 Å². The van der Waals surface area contributed by atoms with Crippen LogP contribution >= 0.6 is 0 Å². The molecule has 1 aliphatic rings. The number of primary amides is 2. The van der Waals surface area contributed by atoms with Gasteiger partial charge in [0.2, 0.25) is 5.91 Å². The van der Waals surface area contributed by atoms with Crippen molar-refractivity contribution < 1.29 is 14.3 Å². The lowest BCUT2D eigenvalue weighted by molar-refractivity contribution is 0.0236. The van der Waals surface area contributed by atoms with E-state index in [1.807, 2.05) is 19.9 Å². The van der Waals surface area contributed by atoms with E-state index < -0.39 is 17.6 Å². The maximum atomic E-state index is 11.1. The minimum Gasteiger partial charge on any atom is -0.444 e. The van der Waals surface area contributed by atoms with E-state index in [4.69, 9.17) is 16.2 Å². The smallest absolute Gasteiger partial charge is 0.405 e. The Hall–Kier alpha value is -2.31. The Bertz CT molecular complexity index is 563. The van der Waals surface area contributed by atoms with E-state index in [0.29, 0.717) is 11.5 Å². The van der Waals surface area contributed by atoms with Crippen molar-refractivity contribution in [3.63, 3.8) is 0 Å². The summed E-state index contributed by atoms with van der Waals surface area (Å²) in [5.74, 6) is 0.853. The summed E-state index contributed by atoms with van der Waals surface area (Å²) in [6.07, 6.45) is 3.55. The summed E-state index contributed by atoms with van der Waals surface area (Å²) < 4.78 is 5.16. The van der Waals surface area contributed by atoms with Crippen molar-refractivity contribution >= 4 is 17.8 Å². The predicted octanol–water partition coefficient (Wildman–Crippen LogP) is 1.66. The van der Waals surface area contributed by atoms with Gasteiger partial charge in [0, 0.05) is 19.3 Å². The third-order valence-electron chi connectivity index (χ3n) is 4.13. The summed E-state index contributed by atoms with van der Waals surface area (Å²) in [6, 6.07) is 3.52. The highest BCUT2D eigenvalue weighted by Gasteiger charge is 2.29. The summed E-state index contributed by atoms with van der Waals surface area (Å²) in [6.45, 7) is 5.52. The second-order valence-electron chi connectivity index (χ2n) is 6.58. The zero-order valence-electron chi connectivity index (χ0n) is 13.6. The number of ether oxygens (including phenoxy) is 1. The molecule has 126 valence electrons. The highest BCUT2D eigenvalue weighted by Crippen LogP contribution is 2.29. The lowest BCUT2D eigenvalue weighted by Crippen LogP contribution is -2.39. The number of hydrogen-bond donors (Lipinski definition) is 2. The maximum Gasteiger partial charge on any atom is 0.405 e. The number of carbonyl (C=O) groups is 2. The molecule has 1 aliphatic heterocycles. The molecule has 0 saturated carbocycles. The number of amides is 2. The minimum atomic E-state index is -0.730. The van der Waals surface area contributed by atoms with E-state index in [0.717, 1.165) is 38.2 Å². The van der Waals surface area contributed by atoms with Gasteiger partial charge in [0.15, 0.2) is 0 Å². The van der Waals surface area contributed by atoms with Crippen molar-refractivity contribution in [1.29, 1.82) is 0 Å². The van der Waals surface area contributed by atoms with E-state index in [-0.39, 0.29) is 0 Å². The summed E-state index contributed by atoms with van der Waals surface area (Å²) >= 11 is 0. The number of piperidine rings is 1. The molecule has 2 rings (SSSR count). The van der Waals surface area contributed by atoms with Gasteiger partial charge in [0.25, 0.3) is 0 Å². The SMILES string of the molecule is CC(C)(CC1CCN(c2ccc(C(N)=O)cn2)CC1)OC(N)=O. The fraction of sp³-hybridized carbons (Fsp3) is 0.562. The molecule has 4 N–H and O–H groups in total. The van der Waals surface area contributed by atoms with Crippen LogP contribution in [0.15, 0.2) is 18.3 Å². The summed E-state index contributed by atoms with van der Waals surface area (Å²) in [5.41, 5.74) is 10.2. The molecule has 0 spiro atoms. The summed E-state index contributed by atoms with van der Waals surface area (Å²) in [4.78, 5) is 28.5. The van der Waals surface area contributed by atoms with E-state index in [2.05, 4.69) is 9.88 Å². The molecule has 0 atom stereocenters. The number of hydrogen-bond acceptors (Lipinski definition) is 5. The molecule has 1 aromatic heterocycles. The van der Waals surface area contributed by atoms with E-state index >= 15 is 0 Å². The first-order chi connectivity index (χ1) is 10.8. The average Bonchev–Trinajstić information content (AvgIpc) is 2.46. The van der Waals surface area contributed by atoms with Crippen LogP contribution in [-0.4, -0.2) is 35.7 Å². The van der Waals surface area contributed by atoms with Crippen LogP contribution in [0.3, 0.4) is 0 Å². The van der Waals surface area contributed by atoms with Gasteiger partial charge < -0.3 is 21.1 Å². The second-order valence-corrected chi connectivity index (χ2v) is 6.58. The van der Waals surface area contributed by atoms with Gasteiger partial charge in [-0.05, 0) is 51.2 Å². The molecule has 2 heterocycles. The number of aromatic nitrogens is 1. The number of anilines is 1. The topological polar surface area (TPSA) is 112 Å². The quantitative estimate of drug-likeness (QED) is 0.857. The summed E-state index contributed by atoms with van der Waals surface area (Å²) in [7, 11) is 0. The average molecular weight is 320 g/mol. The van der Waals surface area contributed by atoms with Crippen LogP contribution < -0.4 is 16.4 Å². The number of nitrogens with zero attached hydrogens (tertiary/aromatic N) is 2. The van der Waals surface area contributed by atoms with Crippen molar-refractivity contribution in [3.8, 4) is 0 Å². The van der Waals surface area contributed by atoms with Crippen molar-refractivity contribution in [3.05, 3.63) is 23.9 Å². The zero-order chi connectivity index (χ0) is 17.0. The Kier molecular flexibility index (Phi) is 5.08. The molecular weight excluding hydrogens is 296 g/mol. The Morgan fingerprint density at radius 3 is 2.43 bits per heavy atom. The number of rotatable bonds is 5. The van der Waals surface area contributed by atoms with Gasteiger partial charge >= 0.3 is 6.09 Å². The second kappa shape index (κ2) is 6.85. The lowest BCUT2D eigenvalue weighted by Gasteiger charge is -2.36. The first-order valence-corrected chi connectivity index (χ1v) is 7.76. The molecule has 0 aliphatic carbocycles. The molecule has 0 aromatic carbocycles. The van der Waals surface area contributed by atoms with Crippen molar-refractivity contribution in [2.75, 3.05) is 18.0 Å². The van der Waals surface area contributed by atoms with Crippen LogP contribution in [0, 0.1) is 5.92 Å². The molecule has 7 heteroatoms. The molecule has 0 bridgehead atoms. The maximum absolute atomic E-state index is 11.1. The van der Waals surface area contributed by atoms with Crippen molar-refractivity contribution in [2.24, 2.45) is 17.4 Å². The predicted molar refractivity (Wildman–Crippen MR) is 87.1 cm³/mol. The molecule has 1 fully saturated rings. The van der Waals surface area contributed by atoms with Crippen LogP contribution in [0.2, 0.25) is 0 Å². The van der Waals surface area contributed by atoms with E-state index in [1.165, 1.54) is 6.20 Å². The Morgan fingerprint density at radius 1 is 1.30 bits per heavy atom. The third kappa shape index (κ3) is 4.84. The number of nitrogens with two attached hydrogens (primary N) is 2. The normalized spacial score (nSPS) is 16.2. The van der Waals surface area contributed by atoms with Gasteiger partial charge in [0.1, 0.15) is 11.4 Å². The molecule has 1 saturated heterocycles. The molecule has 0 radical (unpaired) electrons. The van der Waals surface area contributed by atoms with Crippen molar-refractivity contribution in [2.45, 2.75) is 38.7 Å². The van der Waals surface area contributed by atoms with Crippen LogP contribution in [0.5, 0.6) is 0 Å². The molecular formula is C16H24N4O3. The largest absolute Gasteiger partial charge is 0.444 e. The highest BCUT2D eigenvalue weighted by molar-refractivity contribution is 5.92. The number of pyridine rings is 1. The van der Waals surface area contributed by atoms with Gasteiger partial charge in [-0.1, -0.05) is 0 Å². The van der Waals surface area contributed by atoms with Gasteiger partial charge in [0.05, 0.1) is 5.56 Å². The fourth-order valence-corrected chi connectivity index (χ4v) is 3.09. The summed E-state index contributed by atoms with van der Waals surface area (Å²) in [5, 5.41) is 0. The zero-order valence-corrected chi connectivity index (χ0v) is 13.6. The third-order valence-corrected chi connectivity index (χ3v) is 4.13. The molecule has 0 unspecified atom stereocenters. The van der Waals surface area contributed by atoms with E-state index in [1.54, 1.807) is 6.07 Å². The highest BCUT2D eigenvalue weighted by atomic mass is 16.6. The molecule has 1 aromatic rings. The van der Waals surface area contributed by atoms with Crippen LogP contribution in [0.4, 0.5) is 10.6 Å². The van der Waals surface area contributed by atoms with Gasteiger partial charge in [-0.25, -0.2) is 9.78 Å². The fourth-order valence-electron chi connectivity index (χ4n) is 3.09. The Labute approximate surface area is 136 Å². The lowest BCUT2D eigenvalue weighted by atomic mass is 9.86.